The maximum absolute atomic E-state index is 5.27. The van der Waals surface area contributed by atoms with E-state index in [9.17, 15) is 0 Å². The Labute approximate surface area is 164 Å². The molecule has 0 radical (unpaired) electrons. The first-order valence-corrected chi connectivity index (χ1v) is 9.99. The van der Waals surface area contributed by atoms with E-state index in [1.165, 1.54) is 22.1 Å². The van der Waals surface area contributed by atoms with Crippen LogP contribution in [0.25, 0.3) is 10.9 Å². The van der Waals surface area contributed by atoms with Crippen LogP contribution in [0, 0.1) is 6.92 Å². The Morgan fingerprint density at radius 2 is 2.00 bits per heavy atom. The summed E-state index contributed by atoms with van der Waals surface area (Å²) in [4.78, 5) is 12.0. The lowest BCUT2D eigenvalue weighted by atomic mass is 10.1. The summed E-state index contributed by atoms with van der Waals surface area (Å²) in [6.07, 6.45) is 0. The smallest absolute Gasteiger partial charge is 0.166 e. The topological polar surface area (TPSA) is 37.7 Å². The lowest BCUT2D eigenvalue weighted by Crippen LogP contribution is -2.31. The molecule has 138 valence electrons. The van der Waals surface area contributed by atoms with Gasteiger partial charge in [0.2, 0.25) is 0 Å². The highest BCUT2D eigenvalue weighted by atomic mass is 32.2. The molecule has 1 aromatic heterocycles. The summed E-state index contributed by atoms with van der Waals surface area (Å²) in [6, 6.07) is 16.9. The fraction of sp³-hybridized carbons (Fsp3) is 0.273. The average molecular weight is 378 g/mol. The van der Waals surface area contributed by atoms with E-state index >= 15 is 0 Å². The number of para-hydroxylation sites is 1. The molecule has 4 rings (SSSR count). The molecular formula is C22H23N3OS. The largest absolute Gasteiger partial charge is 0.497 e. The van der Waals surface area contributed by atoms with Crippen LogP contribution in [-0.4, -0.2) is 28.7 Å². The summed E-state index contributed by atoms with van der Waals surface area (Å²) in [7, 11) is 1.69. The molecule has 0 aliphatic carbocycles. The van der Waals surface area contributed by atoms with Crippen molar-refractivity contribution in [2.45, 2.75) is 32.0 Å². The first kappa shape index (κ1) is 17.9. The summed E-state index contributed by atoms with van der Waals surface area (Å²) in [5.41, 5.74) is 4.81. The minimum Gasteiger partial charge on any atom is -0.497 e. The van der Waals surface area contributed by atoms with E-state index in [4.69, 9.17) is 14.7 Å². The molecule has 0 amide bonds. The third-order valence-corrected chi connectivity index (χ3v) is 5.85. The number of methoxy groups -OCH3 is 1. The summed E-state index contributed by atoms with van der Waals surface area (Å²) >= 11 is 1.68. The SMILES string of the molecule is CCN=C1Sc2nc3c(C)cccc3cc2CN1Cc1ccc(OC)cc1. The first-order chi connectivity index (χ1) is 13.2. The molecule has 0 bridgehead atoms. The molecule has 2 aromatic carbocycles. The standard InChI is InChI=1S/C22H23N3OS/c1-4-23-22-25(13-16-8-10-19(26-3)11-9-16)14-18-12-17-7-5-6-15(2)20(17)24-21(18)27-22/h5-12H,4,13-14H2,1-3H3. The van der Waals surface area contributed by atoms with Gasteiger partial charge in [0, 0.05) is 30.6 Å². The van der Waals surface area contributed by atoms with Crippen LogP contribution < -0.4 is 4.74 Å². The van der Waals surface area contributed by atoms with Crippen LogP contribution in [0.5, 0.6) is 5.75 Å². The fourth-order valence-corrected chi connectivity index (χ4v) is 4.36. The van der Waals surface area contributed by atoms with Gasteiger partial charge in [-0.15, -0.1) is 0 Å². The van der Waals surface area contributed by atoms with E-state index in [0.29, 0.717) is 0 Å². The molecule has 3 aromatic rings. The van der Waals surface area contributed by atoms with Crippen molar-refractivity contribution < 1.29 is 4.74 Å². The zero-order chi connectivity index (χ0) is 18.8. The molecule has 2 heterocycles. The molecule has 0 spiro atoms. The Kier molecular flexibility index (Phi) is 5.03. The van der Waals surface area contributed by atoms with Gasteiger partial charge in [0.05, 0.1) is 12.6 Å². The number of hydrogen-bond acceptors (Lipinski definition) is 4. The number of fused-ring (bicyclic) bond motifs is 2. The molecule has 1 aliphatic rings. The highest BCUT2D eigenvalue weighted by molar-refractivity contribution is 8.13. The number of benzene rings is 2. The maximum Gasteiger partial charge on any atom is 0.166 e. The van der Waals surface area contributed by atoms with Crippen LogP contribution in [0.1, 0.15) is 23.6 Å². The van der Waals surface area contributed by atoms with Gasteiger partial charge >= 0.3 is 0 Å². The van der Waals surface area contributed by atoms with Crippen LogP contribution in [0.15, 0.2) is 58.5 Å². The molecule has 5 heteroatoms. The second-order valence-corrected chi connectivity index (χ2v) is 7.62. The van der Waals surface area contributed by atoms with Gasteiger partial charge in [0.15, 0.2) is 5.17 Å². The zero-order valence-electron chi connectivity index (χ0n) is 15.9. The number of ether oxygens (including phenoxy) is 1. The quantitative estimate of drug-likeness (QED) is 0.639. The molecule has 27 heavy (non-hydrogen) atoms. The van der Waals surface area contributed by atoms with Crippen LogP contribution in [0.4, 0.5) is 0 Å². The van der Waals surface area contributed by atoms with Crippen LogP contribution in [-0.2, 0) is 13.1 Å². The molecular weight excluding hydrogens is 354 g/mol. The van der Waals surface area contributed by atoms with Gasteiger partial charge in [0.1, 0.15) is 10.8 Å². The van der Waals surface area contributed by atoms with Crippen molar-refractivity contribution in [1.82, 2.24) is 9.88 Å². The monoisotopic (exact) mass is 377 g/mol. The second-order valence-electron chi connectivity index (χ2n) is 6.66. The third-order valence-electron chi connectivity index (χ3n) is 4.73. The van der Waals surface area contributed by atoms with Crippen LogP contribution >= 0.6 is 11.8 Å². The van der Waals surface area contributed by atoms with E-state index in [-0.39, 0.29) is 0 Å². The Morgan fingerprint density at radius 1 is 1.19 bits per heavy atom. The number of aryl methyl sites for hydroxylation is 1. The van der Waals surface area contributed by atoms with E-state index < -0.39 is 0 Å². The highest BCUT2D eigenvalue weighted by Gasteiger charge is 2.24. The number of aromatic nitrogens is 1. The Balaban J connectivity index is 1.68. The second kappa shape index (κ2) is 7.61. The number of aliphatic imine (C=N–C) groups is 1. The lowest BCUT2D eigenvalue weighted by molar-refractivity contribution is 0.402. The van der Waals surface area contributed by atoms with Gasteiger partial charge in [-0.05, 0) is 54.9 Å². The summed E-state index contributed by atoms with van der Waals surface area (Å²) in [5.74, 6) is 0.880. The van der Waals surface area contributed by atoms with Crippen LogP contribution in [0.2, 0.25) is 0 Å². The molecule has 0 fully saturated rings. The van der Waals surface area contributed by atoms with Gasteiger partial charge in [-0.2, -0.15) is 0 Å². The minimum absolute atomic E-state index is 0.767. The van der Waals surface area contributed by atoms with Gasteiger partial charge in [0.25, 0.3) is 0 Å². The molecule has 0 unspecified atom stereocenters. The van der Waals surface area contributed by atoms with Crippen LogP contribution in [0.3, 0.4) is 0 Å². The minimum atomic E-state index is 0.767. The van der Waals surface area contributed by atoms with Gasteiger partial charge in [-0.1, -0.05) is 30.3 Å². The van der Waals surface area contributed by atoms with E-state index in [1.807, 2.05) is 12.1 Å². The Hall–Kier alpha value is -2.53. The molecule has 0 N–H and O–H groups in total. The summed E-state index contributed by atoms with van der Waals surface area (Å²) in [5, 5.41) is 3.32. The number of thioether (sulfide) groups is 1. The summed E-state index contributed by atoms with van der Waals surface area (Å²) < 4.78 is 5.27. The highest BCUT2D eigenvalue weighted by Crippen LogP contribution is 2.34. The predicted octanol–water partition coefficient (Wildman–Crippen LogP) is 5.04. The molecule has 1 aliphatic heterocycles. The van der Waals surface area contributed by atoms with E-state index in [1.54, 1.807) is 18.9 Å². The number of rotatable bonds is 4. The van der Waals surface area contributed by atoms with Crippen molar-refractivity contribution >= 4 is 27.8 Å². The Morgan fingerprint density at radius 3 is 2.74 bits per heavy atom. The fourth-order valence-electron chi connectivity index (χ4n) is 3.34. The third kappa shape index (κ3) is 3.65. The number of amidine groups is 1. The number of hydrogen-bond donors (Lipinski definition) is 0. The van der Waals surface area contributed by atoms with E-state index in [0.717, 1.165) is 41.1 Å². The number of pyridine rings is 1. The van der Waals surface area contributed by atoms with Gasteiger partial charge in [-0.25, -0.2) is 4.98 Å². The molecule has 0 saturated heterocycles. The molecule has 4 nitrogen and oxygen atoms in total. The molecule has 0 atom stereocenters. The van der Waals surface area contributed by atoms with Crippen molar-refractivity contribution in [3.05, 3.63) is 65.2 Å². The normalized spacial score (nSPS) is 15.2. The van der Waals surface area contributed by atoms with E-state index in [2.05, 4.69) is 55.1 Å². The van der Waals surface area contributed by atoms with Crippen molar-refractivity contribution in [3.8, 4) is 5.75 Å². The van der Waals surface area contributed by atoms with Crippen molar-refractivity contribution in [3.63, 3.8) is 0 Å². The van der Waals surface area contributed by atoms with Gasteiger partial charge < -0.3 is 9.64 Å². The predicted molar refractivity (Wildman–Crippen MR) is 113 cm³/mol. The number of nitrogens with zero attached hydrogens (tertiary/aromatic N) is 3. The maximum atomic E-state index is 5.27. The van der Waals surface area contributed by atoms with Gasteiger partial charge in [-0.3, -0.25) is 4.99 Å². The Bertz CT molecular complexity index is 998. The lowest BCUT2D eigenvalue weighted by Gasteiger charge is -2.31. The van der Waals surface area contributed by atoms with Crippen molar-refractivity contribution in [2.75, 3.05) is 13.7 Å². The average Bonchev–Trinajstić information content (AvgIpc) is 2.68. The molecule has 0 saturated carbocycles. The summed E-state index contributed by atoms with van der Waals surface area (Å²) in [6.45, 7) is 6.60. The zero-order valence-corrected chi connectivity index (χ0v) is 16.7. The first-order valence-electron chi connectivity index (χ1n) is 9.17. The van der Waals surface area contributed by atoms with Crippen molar-refractivity contribution in [1.29, 1.82) is 0 Å². The van der Waals surface area contributed by atoms with Crippen molar-refractivity contribution in [2.24, 2.45) is 4.99 Å².